The zero-order chi connectivity index (χ0) is 16.9. The third kappa shape index (κ3) is 3.74. The van der Waals surface area contributed by atoms with Crippen molar-refractivity contribution in [3.63, 3.8) is 0 Å². The van der Waals surface area contributed by atoms with E-state index < -0.39 is 12.1 Å². The van der Waals surface area contributed by atoms with Gasteiger partial charge in [0.25, 0.3) is 0 Å². The first-order valence-electron chi connectivity index (χ1n) is 7.89. The molecule has 0 saturated carbocycles. The molecular weight excluding hydrogens is 306 g/mol. The molecule has 0 radical (unpaired) electrons. The Labute approximate surface area is 140 Å². The van der Waals surface area contributed by atoms with Crippen molar-refractivity contribution in [1.29, 1.82) is 0 Å². The van der Waals surface area contributed by atoms with E-state index in [4.69, 9.17) is 9.84 Å². The summed E-state index contributed by atoms with van der Waals surface area (Å²) < 4.78 is 5.39. The van der Waals surface area contributed by atoms with Crippen molar-refractivity contribution >= 4 is 12.1 Å². The summed E-state index contributed by atoms with van der Waals surface area (Å²) in [7, 11) is 0. The number of rotatable bonds is 4. The fourth-order valence-electron chi connectivity index (χ4n) is 2.99. The first-order valence-corrected chi connectivity index (χ1v) is 7.89. The van der Waals surface area contributed by atoms with Crippen molar-refractivity contribution in [2.75, 3.05) is 0 Å². The van der Waals surface area contributed by atoms with Gasteiger partial charge in [-0.1, -0.05) is 54.6 Å². The molecule has 1 heterocycles. The van der Waals surface area contributed by atoms with Gasteiger partial charge in [-0.05, 0) is 23.1 Å². The highest BCUT2D eigenvalue weighted by Crippen LogP contribution is 2.26. The molecule has 1 amide bonds. The molecular formula is C19H19NO4. The molecule has 3 rings (SSSR count). The van der Waals surface area contributed by atoms with Crippen LogP contribution in [0.1, 0.15) is 23.1 Å². The van der Waals surface area contributed by atoms with Crippen LogP contribution in [0.3, 0.4) is 0 Å². The van der Waals surface area contributed by atoms with Crippen LogP contribution in [-0.2, 0) is 29.1 Å². The Morgan fingerprint density at radius 2 is 1.71 bits per heavy atom. The van der Waals surface area contributed by atoms with E-state index in [1.54, 1.807) is 0 Å². The Hall–Kier alpha value is -2.82. The monoisotopic (exact) mass is 325 g/mol. The minimum Gasteiger partial charge on any atom is -0.481 e. The van der Waals surface area contributed by atoms with Crippen LogP contribution < -0.4 is 0 Å². The van der Waals surface area contributed by atoms with Gasteiger partial charge in [0.15, 0.2) is 0 Å². The maximum Gasteiger partial charge on any atom is 0.410 e. The van der Waals surface area contributed by atoms with Crippen molar-refractivity contribution in [3.8, 4) is 0 Å². The molecule has 0 fully saturated rings. The lowest BCUT2D eigenvalue weighted by molar-refractivity contribution is -0.138. The average molecular weight is 325 g/mol. The van der Waals surface area contributed by atoms with Crippen molar-refractivity contribution in [1.82, 2.24) is 4.90 Å². The van der Waals surface area contributed by atoms with Crippen LogP contribution in [0.25, 0.3) is 0 Å². The third-order valence-electron chi connectivity index (χ3n) is 4.21. The molecule has 2 aromatic carbocycles. The number of nitrogens with zero attached hydrogens (tertiary/aromatic N) is 1. The molecule has 24 heavy (non-hydrogen) atoms. The SMILES string of the molecule is O=C(O)C[C@@H]1Cc2ccccc2CN1C(=O)OCc1ccccc1. The Bertz CT molecular complexity index is 729. The number of benzene rings is 2. The maximum absolute atomic E-state index is 12.5. The fraction of sp³-hybridized carbons (Fsp3) is 0.263. The van der Waals surface area contributed by atoms with Gasteiger partial charge in [-0.2, -0.15) is 0 Å². The molecule has 1 atom stereocenters. The lowest BCUT2D eigenvalue weighted by Gasteiger charge is -2.35. The topological polar surface area (TPSA) is 66.8 Å². The summed E-state index contributed by atoms with van der Waals surface area (Å²) in [5, 5.41) is 9.14. The maximum atomic E-state index is 12.5. The number of carbonyl (C=O) groups excluding carboxylic acids is 1. The predicted octanol–water partition coefficient (Wildman–Crippen LogP) is 3.22. The van der Waals surface area contributed by atoms with Crippen molar-refractivity contribution in [2.24, 2.45) is 0 Å². The molecule has 0 aromatic heterocycles. The van der Waals surface area contributed by atoms with Crippen LogP contribution in [0.5, 0.6) is 0 Å². The molecule has 0 spiro atoms. The number of fused-ring (bicyclic) bond motifs is 1. The van der Waals surface area contributed by atoms with Crippen LogP contribution >= 0.6 is 0 Å². The highest BCUT2D eigenvalue weighted by Gasteiger charge is 2.32. The van der Waals surface area contributed by atoms with Gasteiger partial charge in [0.05, 0.1) is 6.42 Å². The van der Waals surface area contributed by atoms with Crippen LogP contribution in [0.15, 0.2) is 54.6 Å². The van der Waals surface area contributed by atoms with E-state index in [2.05, 4.69) is 0 Å². The van der Waals surface area contributed by atoms with Crippen molar-refractivity contribution in [2.45, 2.75) is 32.0 Å². The number of hydrogen-bond donors (Lipinski definition) is 1. The summed E-state index contributed by atoms with van der Waals surface area (Å²) in [6.07, 6.45) is -0.0304. The smallest absolute Gasteiger partial charge is 0.410 e. The molecule has 1 aliphatic heterocycles. The Kier molecular flexibility index (Phi) is 4.79. The van der Waals surface area contributed by atoms with Crippen LogP contribution in [0.4, 0.5) is 4.79 Å². The van der Waals surface area contributed by atoms with Gasteiger partial charge in [0.1, 0.15) is 6.61 Å². The van der Waals surface area contributed by atoms with Gasteiger partial charge >= 0.3 is 12.1 Å². The fourth-order valence-corrected chi connectivity index (χ4v) is 2.99. The van der Waals surface area contributed by atoms with E-state index >= 15 is 0 Å². The second-order valence-corrected chi connectivity index (χ2v) is 5.89. The largest absolute Gasteiger partial charge is 0.481 e. The average Bonchev–Trinajstić information content (AvgIpc) is 2.59. The lowest BCUT2D eigenvalue weighted by Crippen LogP contribution is -2.45. The first-order chi connectivity index (χ1) is 11.6. The summed E-state index contributed by atoms with van der Waals surface area (Å²) in [5.74, 6) is -0.916. The second-order valence-electron chi connectivity index (χ2n) is 5.89. The number of amides is 1. The minimum absolute atomic E-state index is 0.0885. The van der Waals surface area contributed by atoms with Crippen LogP contribution in [0.2, 0.25) is 0 Å². The molecule has 1 N–H and O–H groups in total. The zero-order valence-corrected chi connectivity index (χ0v) is 13.2. The minimum atomic E-state index is -0.916. The van der Waals surface area contributed by atoms with Crippen LogP contribution in [0, 0.1) is 0 Å². The van der Waals surface area contributed by atoms with E-state index in [9.17, 15) is 9.59 Å². The third-order valence-corrected chi connectivity index (χ3v) is 4.21. The molecule has 124 valence electrons. The van der Waals surface area contributed by atoms with Crippen molar-refractivity contribution < 1.29 is 19.4 Å². The number of carboxylic acids is 1. The number of hydrogen-bond acceptors (Lipinski definition) is 3. The lowest BCUT2D eigenvalue weighted by atomic mass is 9.93. The molecule has 0 aliphatic carbocycles. The quantitative estimate of drug-likeness (QED) is 0.937. The molecule has 0 bridgehead atoms. The van der Waals surface area contributed by atoms with E-state index in [-0.39, 0.29) is 19.1 Å². The summed E-state index contributed by atoms with van der Waals surface area (Å²) >= 11 is 0. The first kappa shape index (κ1) is 16.1. The van der Waals surface area contributed by atoms with Gasteiger partial charge in [0.2, 0.25) is 0 Å². The van der Waals surface area contributed by atoms with Crippen molar-refractivity contribution in [3.05, 3.63) is 71.3 Å². The molecule has 1 aliphatic rings. The summed E-state index contributed by atoms with van der Waals surface area (Å²) in [6, 6.07) is 16.8. The Morgan fingerprint density at radius 3 is 2.42 bits per heavy atom. The summed E-state index contributed by atoms with van der Waals surface area (Å²) in [5.41, 5.74) is 3.03. The molecule has 5 nitrogen and oxygen atoms in total. The Balaban J connectivity index is 1.73. The highest BCUT2D eigenvalue weighted by atomic mass is 16.6. The van der Waals surface area contributed by atoms with Gasteiger partial charge in [0, 0.05) is 12.6 Å². The number of ether oxygens (including phenoxy) is 1. The summed E-state index contributed by atoms with van der Waals surface area (Å²) in [6.45, 7) is 0.555. The molecule has 0 unspecified atom stereocenters. The Morgan fingerprint density at radius 1 is 1.04 bits per heavy atom. The molecule has 0 saturated heterocycles. The number of aliphatic carboxylic acids is 1. The number of carboxylic acid groups (broad SMARTS) is 1. The molecule has 5 heteroatoms. The van der Waals surface area contributed by atoms with Gasteiger partial charge in [-0.25, -0.2) is 4.79 Å². The van der Waals surface area contributed by atoms with E-state index in [0.29, 0.717) is 13.0 Å². The van der Waals surface area contributed by atoms with E-state index in [0.717, 1.165) is 16.7 Å². The predicted molar refractivity (Wildman–Crippen MR) is 88.4 cm³/mol. The van der Waals surface area contributed by atoms with Gasteiger partial charge in [-0.3, -0.25) is 9.69 Å². The van der Waals surface area contributed by atoms with Gasteiger partial charge < -0.3 is 9.84 Å². The zero-order valence-electron chi connectivity index (χ0n) is 13.2. The number of carbonyl (C=O) groups is 2. The summed E-state index contributed by atoms with van der Waals surface area (Å²) in [4.78, 5) is 25.2. The highest BCUT2D eigenvalue weighted by molar-refractivity contribution is 5.72. The van der Waals surface area contributed by atoms with E-state index in [1.165, 1.54) is 4.90 Å². The normalized spacial score (nSPS) is 16.3. The van der Waals surface area contributed by atoms with Gasteiger partial charge in [-0.15, -0.1) is 0 Å². The van der Waals surface area contributed by atoms with E-state index in [1.807, 2.05) is 54.6 Å². The second kappa shape index (κ2) is 7.17. The molecule has 2 aromatic rings. The standard InChI is InChI=1S/C19H19NO4/c21-18(22)11-17-10-15-8-4-5-9-16(15)12-20(17)19(23)24-13-14-6-2-1-3-7-14/h1-9,17H,10-13H2,(H,21,22)/t17-/m0/s1. The van der Waals surface area contributed by atoms with Crippen LogP contribution in [-0.4, -0.2) is 28.1 Å².